The van der Waals surface area contributed by atoms with E-state index in [-0.39, 0.29) is 29.8 Å². The number of amides is 2. The molecule has 0 saturated heterocycles. The summed E-state index contributed by atoms with van der Waals surface area (Å²) in [5.41, 5.74) is 6.88. The molecule has 4 N–H and O–H groups in total. The van der Waals surface area contributed by atoms with Crippen LogP contribution in [-0.2, 0) is 4.79 Å². The fourth-order valence-electron chi connectivity index (χ4n) is 3.13. The van der Waals surface area contributed by atoms with Crippen LogP contribution in [0, 0.1) is 0 Å². The molecule has 0 atom stereocenters. The van der Waals surface area contributed by atoms with Crippen molar-refractivity contribution in [2.45, 2.75) is 35.4 Å². The second-order valence-electron chi connectivity index (χ2n) is 6.49. The maximum atomic E-state index is 12.5. The standard InChI is InChI=1S/C19H23N3O2S2.ClH/c20-13-19(9-1-2-10-19)22-18(24)14-5-7-15(8-6-14)21-16(23)12-26-17-4-3-11-25-17;/h3-8,11H,1-2,9-10,12-13,20H2,(H,21,23)(H,22,24);1H. The van der Waals surface area contributed by atoms with E-state index in [1.807, 2.05) is 17.5 Å². The maximum absolute atomic E-state index is 12.5. The summed E-state index contributed by atoms with van der Waals surface area (Å²) in [5.74, 6) is 0.194. The van der Waals surface area contributed by atoms with Crippen molar-refractivity contribution in [3.63, 3.8) is 0 Å². The van der Waals surface area contributed by atoms with Gasteiger partial charge in [0.15, 0.2) is 0 Å². The number of nitrogens with one attached hydrogen (secondary N) is 2. The van der Waals surface area contributed by atoms with Gasteiger partial charge in [-0.3, -0.25) is 9.59 Å². The molecule has 0 radical (unpaired) electrons. The number of nitrogens with two attached hydrogens (primary N) is 1. The van der Waals surface area contributed by atoms with E-state index < -0.39 is 0 Å². The topological polar surface area (TPSA) is 84.2 Å². The van der Waals surface area contributed by atoms with Gasteiger partial charge in [0.05, 0.1) is 15.5 Å². The number of rotatable bonds is 7. The van der Waals surface area contributed by atoms with E-state index in [1.54, 1.807) is 35.6 Å². The molecule has 5 nitrogen and oxygen atoms in total. The van der Waals surface area contributed by atoms with E-state index in [0.29, 0.717) is 23.5 Å². The van der Waals surface area contributed by atoms with Crippen molar-refractivity contribution in [3.8, 4) is 0 Å². The lowest BCUT2D eigenvalue weighted by molar-refractivity contribution is -0.113. The molecule has 27 heavy (non-hydrogen) atoms. The highest BCUT2D eigenvalue weighted by molar-refractivity contribution is 8.01. The number of benzene rings is 1. The molecule has 3 rings (SSSR count). The third-order valence-electron chi connectivity index (χ3n) is 4.60. The first-order valence-corrected chi connectivity index (χ1v) is 10.6. The van der Waals surface area contributed by atoms with Gasteiger partial charge in [0.25, 0.3) is 5.91 Å². The van der Waals surface area contributed by atoms with Gasteiger partial charge in [-0.05, 0) is 48.6 Å². The Hall–Kier alpha value is -1.54. The van der Waals surface area contributed by atoms with Gasteiger partial charge >= 0.3 is 0 Å². The Labute approximate surface area is 173 Å². The molecule has 0 bridgehead atoms. The summed E-state index contributed by atoms with van der Waals surface area (Å²) in [6.45, 7) is 0.467. The van der Waals surface area contributed by atoms with Gasteiger partial charge in [0, 0.05) is 17.8 Å². The molecule has 146 valence electrons. The zero-order valence-corrected chi connectivity index (χ0v) is 17.4. The van der Waals surface area contributed by atoms with Crippen LogP contribution >= 0.6 is 35.5 Å². The second-order valence-corrected chi connectivity index (χ2v) is 8.72. The van der Waals surface area contributed by atoms with Crippen LogP contribution in [0.5, 0.6) is 0 Å². The van der Waals surface area contributed by atoms with Crippen LogP contribution in [0.25, 0.3) is 0 Å². The number of hydrogen-bond acceptors (Lipinski definition) is 5. The Bertz CT molecular complexity index is 745. The molecule has 1 fully saturated rings. The van der Waals surface area contributed by atoms with Gasteiger partial charge in [-0.15, -0.1) is 35.5 Å². The molecule has 1 aromatic heterocycles. The Balaban J connectivity index is 0.00000261. The van der Waals surface area contributed by atoms with Crippen LogP contribution in [0.3, 0.4) is 0 Å². The highest BCUT2D eigenvalue weighted by atomic mass is 35.5. The van der Waals surface area contributed by atoms with E-state index in [0.717, 1.165) is 29.9 Å². The fraction of sp³-hybridized carbons (Fsp3) is 0.368. The lowest BCUT2D eigenvalue weighted by Crippen LogP contribution is -2.51. The van der Waals surface area contributed by atoms with E-state index in [9.17, 15) is 9.59 Å². The molecule has 1 aliphatic carbocycles. The smallest absolute Gasteiger partial charge is 0.251 e. The summed E-state index contributed by atoms with van der Waals surface area (Å²) in [6.07, 6.45) is 4.08. The summed E-state index contributed by atoms with van der Waals surface area (Å²) >= 11 is 3.13. The Morgan fingerprint density at radius 2 is 1.85 bits per heavy atom. The minimum absolute atomic E-state index is 0. The summed E-state index contributed by atoms with van der Waals surface area (Å²) in [7, 11) is 0. The quantitative estimate of drug-likeness (QED) is 0.587. The van der Waals surface area contributed by atoms with Crippen molar-refractivity contribution in [3.05, 3.63) is 47.3 Å². The lowest BCUT2D eigenvalue weighted by atomic mass is 9.97. The maximum Gasteiger partial charge on any atom is 0.251 e. The summed E-state index contributed by atoms with van der Waals surface area (Å²) < 4.78 is 1.12. The van der Waals surface area contributed by atoms with Crippen molar-refractivity contribution in [2.24, 2.45) is 5.73 Å². The van der Waals surface area contributed by atoms with Crippen molar-refractivity contribution in [1.29, 1.82) is 0 Å². The predicted octanol–water partition coefficient (Wildman–Crippen LogP) is 3.90. The minimum atomic E-state index is -0.261. The van der Waals surface area contributed by atoms with Gasteiger partial charge < -0.3 is 16.4 Å². The van der Waals surface area contributed by atoms with Gasteiger partial charge in [0.1, 0.15) is 0 Å². The SMILES string of the molecule is Cl.NCC1(NC(=O)c2ccc(NC(=O)CSc3cccs3)cc2)CCCC1. The number of hydrogen-bond donors (Lipinski definition) is 3. The van der Waals surface area contributed by atoms with E-state index in [1.165, 1.54) is 11.8 Å². The minimum Gasteiger partial charge on any atom is -0.345 e. The number of carbonyl (C=O) groups is 2. The molecule has 8 heteroatoms. The lowest BCUT2D eigenvalue weighted by Gasteiger charge is -2.28. The number of thiophene rings is 1. The van der Waals surface area contributed by atoms with Crippen LogP contribution in [0.1, 0.15) is 36.0 Å². The van der Waals surface area contributed by atoms with Crippen molar-refractivity contribution >= 4 is 53.0 Å². The monoisotopic (exact) mass is 425 g/mol. The molecule has 1 heterocycles. The number of anilines is 1. The molecular formula is C19H24ClN3O2S2. The van der Waals surface area contributed by atoms with Crippen LogP contribution in [-0.4, -0.2) is 29.7 Å². The zero-order valence-electron chi connectivity index (χ0n) is 14.9. The fourth-order valence-corrected chi connectivity index (χ4v) is 4.71. The normalized spacial score (nSPS) is 15.0. The highest BCUT2D eigenvalue weighted by Crippen LogP contribution is 2.29. The number of carbonyl (C=O) groups excluding carboxylic acids is 2. The molecular weight excluding hydrogens is 402 g/mol. The van der Waals surface area contributed by atoms with E-state index in [4.69, 9.17) is 5.73 Å². The van der Waals surface area contributed by atoms with Crippen molar-refractivity contribution in [2.75, 3.05) is 17.6 Å². The summed E-state index contributed by atoms with van der Waals surface area (Å²) in [4.78, 5) is 24.5. The Kier molecular flexibility index (Phi) is 8.16. The molecule has 2 aromatic rings. The Morgan fingerprint density at radius 1 is 1.15 bits per heavy atom. The molecule has 1 saturated carbocycles. The molecule has 0 unspecified atom stereocenters. The predicted molar refractivity (Wildman–Crippen MR) is 115 cm³/mol. The van der Waals surface area contributed by atoms with Crippen molar-refractivity contribution < 1.29 is 9.59 Å². The highest BCUT2D eigenvalue weighted by Gasteiger charge is 2.34. The third kappa shape index (κ3) is 5.97. The molecule has 2 amide bonds. The second kappa shape index (κ2) is 10.1. The average Bonchev–Trinajstić information content (AvgIpc) is 3.33. The van der Waals surface area contributed by atoms with E-state index >= 15 is 0 Å². The van der Waals surface area contributed by atoms with Crippen LogP contribution < -0.4 is 16.4 Å². The molecule has 0 aliphatic heterocycles. The van der Waals surface area contributed by atoms with Crippen LogP contribution in [0.2, 0.25) is 0 Å². The first-order valence-electron chi connectivity index (χ1n) is 8.69. The van der Waals surface area contributed by atoms with Crippen LogP contribution in [0.4, 0.5) is 5.69 Å². The summed E-state index contributed by atoms with van der Waals surface area (Å²) in [5, 5.41) is 7.95. The zero-order chi connectivity index (χ0) is 18.4. The molecule has 0 spiro atoms. The van der Waals surface area contributed by atoms with Gasteiger partial charge in [0.2, 0.25) is 5.91 Å². The van der Waals surface area contributed by atoms with Crippen molar-refractivity contribution in [1.82, 2.24) is 5.32 Å². The first kappa shape index (κ1) is 21.8. The first-order chi connectivity index (χ1) is 12.6. The Morgan fingerprint density at radius 3 is 2.44 bits per heavy atom. The van der Waals surface area contributed by atoms with Gasteiger partial charge in [-0.1, -0.05) is 18.9 Å². The molecule has 1 aromatic carbocycles. The number of halogens is 1. The third-order valence-corrected chi connectivity index (χ3v) is 6.73. The number of thioether (sulfide) groups is 1. The largest absolute Gasteiger partial charge is 0.345 e. The average molecular weight is 426 g/mol. The summed E-state index contributed by atoms with van der Waals surface area (Å²) in [6, 6.07) is 10.9. The van der Waals surface area contributed by atoms with E-state index in [2.05, 4.69) is 10.6 Å². The van der Waals surface area contributed by atoms with Gasteiger partial charge in [-0.25, -0.2) is 0 Å². The van der Waals surface area contributed by atoms with Crippen LogP contribution in [0.15, 0.2) is 46.0 Å². The van der Waals surface area contributed by atoms with Gasteiger partial charge in [-0.2, -0.15) is 0 Å². The molecule has 1 aliphatic rings.